The van der Waals surface area contributed by atoms with E-state index in [-0.39, 0.29) is 11.3 Å². The van der Waals surface area contributed by atoms with Crippen LogP contribution in [0, 0.1) is 4.77 Å². The summed E-state index contributed by atoms with van der Waals surface area (Å²) in [7, 11) is 3.02. The van der Waals surface area contributed by atoms with E-state index >= 15 is 0 Å². The number of nitrogens with zero attached hydrogens (tertiary/aromatic N) is 1. The molecule has 7 nitrogen and oxygen atoms in total. The van der Waals surface area contributed by atoms with Gasteiger partial charge in [-0.25, -0.2) is 0 Å². The lowest BCUT2D eigenvalue weighted by atomic mass is 10.1. The fraction of sp³-hybridized carbons (Fsp3) is 0.375. The van der Waals surface area contributed by atoms with Gasteiger partial charge in [-0.05, 0) is 36.3 Å². The monoisotopic (exact) mass is 349 g/mol. The average Bonchev–Trinajstić information content (AvgIpc) is 2.53. The van der Waals surface area contributed by atoms with Crippen LogP contribution in [0.4, 0.5) is 0 Å². The molecule has 3 rings (SSSR count). The van der Waals surface area contributed by atoms with Gasteiger partial charge < -0.3 is 19.6 Å². The molecule has 0 saturated heterocycles. The lowest BCUT2D eigenvalue weighted by molar-refractivity contribution is 0.239. The van der Waals surface area contributed by atoms with E-state index < -0.39 is 0 Å². The third-order valence-corrected chi connectivity index (χ3v) is 4.32. The summed E-state index contributed by atoms with van der Waals surface area (Å²) in [4.78, 5) is 19.8. The fourth-order valence-electron chi connectivity index (χ4n) is 3.02. The van der Waals surface area contributed by atoms with Gasteiger partial charge >= 0.3 is 0 Å². The van der Waals surface area contributed by atoms with E-state index in [1.165, 1.54) is 14.2 Å². The fourth-order valence-corrected chi connectivity index (χ4v) is 3.23. The van der Waals surface area contributed by atoms with Crippen molar-refractivity contribution in [3.63, 3.8) is 0 Å². The first kappa shape index (κ1) is 16.5. The molecule has 0 atom stereocenters. The van der Waals surface area contributed by atoms with Crippen molar-refractivity contribution in [1.82, 2.24) is 14.9 Å². The highest BCUT2D eigenvalue weighted by atomic mass is 32.1. The van der Waals surface area contributed by atoms with Crippen LogP contribution in [0.25, 0.3) is 0 Å². The van der Waals surface area contributed by atoms with Crippen LogP contribution >= 0.6 is 12.2 Å². The lowest BCUT2D eigenvalue weighted by Gasteiger charge is -2.28. The maximum absolute atomic E-state index is 11.9. The molecule has 24 heavy (non-hydrogen) atoms. The van der Waals surface area contributed by atoms with Gasteiger partial charge in [-0.2, -0.15) is 0 Å². The van der Waals surface area contributed by atoms with Crippen LogP contribution in [0.2, 0.25) is 0 Å². The molecule has 0 amide bonds. The maximum Gasteiger partial charge on any atom is 0.255 e. The lowest BCUT2D eigenvalue weighted by Crippen LogP contribution is -2.34. The van der Waals surface area contributed by atoms with Crippen molar-refractivity contribution in [3.8, 4) is 17.2 Å². The second kappa shape index (κ2) is 6.66. The van der Waals surface area contributed by atoms with E-state index in [1.807, 2.05) is 6.07 Å². The van der Waals surface area contributed by atoms with Gasteiger partial charge in [-0.1, -0.05) is 0 Å². The van der Waals surface area contributed by atoms with Gasteiger partial charge in [0.25, 0.3) is 5.56 Å². The number of rotatable bonds is 4. The summed E-state index contributed by atoms with van der Waals surface area (Å²) in [5.74, 6) is 0.849. The Morgan fingerprint density at radius 2 is 2.08 bits per heavy atom. The van der Waals surface area contributed by atoms with E-state index in [0.717, 1.165) is 23.4 Å². The molecule has 1 aliphatic heterocycles. The van der Waals surface area contributed by atoms with Gasteiger partial charge in [0.2, 0.25) is 5.75 Å². The summed E-state index contributed by atoms with van der Waals surface area (Å²) in [6.07, 6.45) is 0.649. The molecule has 0 saturated carbocycles. The molecule has 8 heteroatoms. The molecular formula is C16H19N3O4S. The predicted molar refractivity (Wildman–Crippen MR) is 91.3 cm³/mol. The van der Waals surface area contributed by atoms with Gasteiger partial charge in [-0.15, -0.1) is 0 Å². The predicted octanol–water partition coefficient (Wildman–Crippen LogP) is 1.71. The van der Waals surface area contributed by atoms with Crippen LogP contribution in [0.5, 0.6) is 17.2 Å². The summed E-state index contributed by atoms with van der Waals surface area (Å²) in [5.41, 5.74) is 2.39. The van der Waals surface area contributed by atoms with Crippen LogP contribution in [-0.2, 0) is 19.5 Å². The number of aromatic nitrogens is 2. The van der Waals surface area contributed by atoms with E-state index in [0.29, 0.717) is 35.8 Å². The second-order valence-corrected chi connectivity index (χ2v) is 6.08. The number of phenolic OH excluding ortho intramolecular Hbond substituents is 1. The molecule has 1 aliphatic rings. The molecule has 0 radical (unpaired) electrons. The van der Waals surface area contributed by atoms with E-state index in [9.17, 15) is 9.90 Å². The molecule has 0 fully saturated rings. The number of phenols is 1. The molecule has 128 valence electrons. The normalized spacial score (nSPS) is 14.2. The Morgan fingerprint density at radius 1 is 1.29 bits per heavy atom. The summed E-state index contributed by atoms with van der Waals surface area (Å²) in [6, 6.07) is 3.50. The second-order valence-electron chi connectivity index (χ2n) is 5.68. The first-order chi connectivity index (χ1) is 11.5. The van der Waals surface area contributed by atoms with Crippen molar-refractivity contribution < 1.29 is 14.6 Å². The number of methoxy groups -OCH3 is 2. The smallest absolute Gasteiger partial charge is 0.255 e. The zero-order valence-corrected chi connectivity index (χ0v) is 14.3. The highest BCUT2D eigenvalue weighted by Crippen LogP contribution is 2.37. The SMILES string of the molecule is COc1cc(CN2CCc3c([nH]c(=S)[nH]c3=O)C2)cc(O)c1OC. The van der Waals surface area contributed by atoms with Crippen LogP contribution in [0.3, 0.4) is 0 Å². The third kappa shape index (κ3) is 3.15. The molecule has 1 aromatic heterocycles. The van der Waals surface area contributed by atoms with Crippen molar-refractivity contribution in [2.45, 2.75) is 19.5 Å². The van der Waals surface area contributed by atoms with Gasteiger partial charge in [0, 0.05) is 30.9 Å². The van der Waals surface area contributed by atoms with Crippen molar-refractivity contribution in [2.75, 3.05) is 20.8 Å². The average molecular weight is 349 g/mol. The number of aromatic hydroxyl groups is 1. The molecule has 0 aliphatic carbocycles. The Kier molecular flexibility index (Phi) is 4.59. The van der Waals surface area contributed by atoms with Crippen LogP contribution in [0.1, 0.15) is 16.8 Å². The largest absolute Gasteiger partial charge is 0.504 e. The van der Waals surface area contributed by atoms with E-state index in [2.05, 4.69) is 14.9 Å². The van der Waals surface area contributed by atoms with Crippen LogP contribution < -0.4 is 15.0 Å². The van der Waals surface area contributed by atoms with Gasteiger partial charge in [0.1, 0.15) is 0 Å². The Hall–Kier alpha value is -2.32. The highest BCUT2D eigenvalue weighted by molar-refractivity contribution is 7.71. The number of fused-ring (bicyclic) bond motifs is 1. The minimum atomic E-state index is -0.114. The van der Waals surface area contributed by atoms with Gasteiger partial charge in [0.05, 0.1) is 14.2 Å². The van der Waals surface area contributed by atoms with E-state index in [1.54, 1.807) is 6.07 Å². The topological polar surface area (TPSA) is 90.6 Å². The number of hydrogen-bond donors (Lipinski definition) is 3. The van der Waals surface area contributed by atoms with Crippen molar-refractivity contribution in [1.29, 1.82) is 0 Å². The summed E-state index contributed by atoms with van der Waals surface area (Å²) < 4.78 is 10.7. The van der Waals surface area contributed by atoms with Crippen LogP contribution in [0.15, 0.2) is 16.9 Å². The van der Waals surface area contributed by atoms with Crippen molar-refractivity contribution >= 4 is 12.2 Å². The number of nitrogens with one attached hydrogen (secondary N) is 2. The molecule has 0 spiro atoms. The summed E-state index contributed by atoms with van der Waals surface area (Å²) in [5, 5.41) is 10.1. The molecular weight excluding hydrogens is 330 g/mol. The Bertz CT molecular complexity index is 875. The maximum atomic E-state index is 11.9. The summed E-state index contributed by atoms with van der Waals surface area (Å²) in [6.45, 7) is 1.95. The highest BCUT2D eigenvalue weighted by Gasteiger charge is 2.20. The van der Waals surface area contributed by atoms with Gasteiger partial charge in [0.15, 0.2) is 16.3 Å². The zero-order chi connectivity index (χ0) is 17.3. The third-order valence-electron chi connectivity index (χ3n) is 4.11. The quantitative estimate of drug-likeness (QED) is 0.728. The molecule has 2 aromatic rings. The van der Waals surface area contributed by atoms with Crippen molar-refractivity contribution in [3.05, 3.63) is 44.1 Å². The minimum absolute atomic E-state index is 0.0418. The minimum Gasteiger partial charge on any atom is -0.504 e. The zero-order valence-electron chi connectivity index (χ0n) is 13.5. The number of benzene rings is 1. The van der Waals surface area contributed by atoms with E-state index in [4.69, 9.17) is 21.7 Å². The summed E-state index contributed by atoms with van der Waals surface area (Å²) >= 11 is 5.04. The first-order valence-electron chi connectivity index (χ1n) is 7.52. The molecule has 3 N–H and O–H groups in total. The molecule has 0 unspecified atom stereocenters. The van der Waals surface area contributed by atoms with Crippen LogP contribution in [-0.4, -0.2) is 40.7 Å². The number of hydrogen-bond acceptors (Lipinski definition) is 6. The Balaban J connectivity index is 1.84. The Morgan fingerprint density at radius 3 is 2.79 bits per heavy atom. The standard InChI is InChI=1S/C16H19N3O4S/c1-22-13-6-9(5-12(20)14(13)23-2)7-19-4-3-10-11(8-19)17-16(24)18-15(10)21/h5-6,20H,3-4,7-8H2,1-2H3,(H2,17,18,21,24). The number of H-pyrrole nitrogens is 2. The molecule has 1 aromatic carbocycles. The first-order valence-corrected chi connectivity index (χ1v) is 7.93. The van der Waals surface area contributed by atoms with Crippen molar-refractivity contribution in [2.24, 2.45) is 0 Å². The molecule has 2 heterocycles. The van der Waals surface area contributed by atoms with Gasteiger partial charge in [-0.3, -0.25) is 14.7 Å². The Labute approximate surface area is 143 Å². The number of ether oxygens (including phenoxy) is 2. The molecule has 0 bridgehead atoms. The number of aromatic amines is 2.